The highest BCUT2D eigenvalue weighted by molar-refractivity contribution is 6.31. The van der Waals surface area contributed by atoms with Gasteiger partial charge in [0.05, 0.1) is 17.8 Å². The van der Waals surface area contributed by atoms with E-state index in [0.717, 1.165) is 44.6 Å². The molecule has 0 radical (unpaired) electrons. The van der Waals surface area contributed by atoms with Crippen LogP contribution in [0.25, 0.3) is 0 Å². The SMILES string of the molecule is O=C1NC2(COC3(CCN(Cc4cccnc4)CC3)C2)Nc2ccc(Cl)cc21. The lowest BCUT2D eigenvalue weighted by atomic mass is 9.84. The molecule has 2 spiro atoms. The minimum absolute atomic E-state index is 0.0917. The number of nitrogens with one attached hydrogen (secondary N) is 2. The summed E-state index contributed by atoms with van der Waals surface area (Å²) in [6.07, 6.45) is 6.42. The average molecular weight is 399 g/mol. The van der Waals surface area contributed by atoms with Gasteiger partial charge in [-0.15, -0.1) is 0 Å². The lowest BCUT2D eigenvalue weighted by Crippen LogP contribution is -2.59. The van der Waals surface area contributed by atoms with E-state index in [1.54, 1.807) is 12.3 Å². The van der Waals surface area contributed by atoms with Gasteiger partial charge in [0.15, 0.2) is 0 Å². The predicted octanol–water partition coefficient (Wildman–Crippen LogP) is 3.04. The minimum atomic E-state index is -0.538. The van der Waals surface area contributed by atoms with Crippen molar-refractivity contribution in [1.82, 2.24) is 15.2 Å². The number of nitrogens with zero attached hydrogens (tertiary/aromatic N) is 2. The van der Waals surface area contributed by atoms with Gasteiger partial charge >= 0.3 is 0 Å². The van der Waals surface area contributed by atoms with Crippen LogP contribution in [0.15, 0.2) is 42.7 Å². The number of hydrogen-bond donors (Lipinski definition) is 2. The molecule has 1 aromatic heterocycles. The Kier molecular flexibility index (Phi) is 4.30. The van der Waals surface area contributed by atoms with Crippen molar-refractivity contribution in [2.75, 3.05) is 25.0 Å². The van der Waals surface area contributed by atoms with E-state index < -0.39 is 5.66 Å². The fraction of sp³-hybridized carbons (Fsp3) is 0.429. The van der Waals surface area contributed by atoms with Gasteiger partial charge in [-0.3, -0.25) is 14.7 Å². The summed E-state index contributed by atoms with van der Waals surface area (Å²) < 4.78 is 6.32. The number of fused-ring (bicyclic) bond motifs is 1. The molecule has 2 fully saturated rings. The first kappa shape index (κ1) is 17.9. The summed E-state index contributed by atoms with van der Waals surface area (Å²) in [4.78, 5) is 19.3. The molecule has 0 bridgehead atoms. The van der Waals surface area contributed by atoms with E-state index in [1.807, 2.05) is 24.4 Å². The van der Waals surface area contributed by atoms with Crippen LogP contribution in [0, 0.1) is 0 Å². The highest BCUT2D eigenvalue weighted by atomic mass is 35.5. The van der Waals surface area contributed by atoms with Crippen molar-refractivity contribution in [2.45, 2.75) is 37.1 Å². The van der Waals surface area contributed by atoms with Crippen molar-refractivity contribution in [3.05, 3.63) is 58.9 Å². The molecule has 2 N–H and O–H groups in total. The van der Waals surface area contributed by atoms with Gasteiger partial charge in [0.25, 0.3) is 5.91 Å². The molecule has 1 atom stereocenters. The van der Waals surface area contributed by atoms with Gasteiger partial charge in [-0.2, -0.15) is 0 Å². The van der Waals surface area contributed by atoms with Crippen LogP contribution in [-0.2, 0) is 11.3 Å². The highest BCUT2D eigenvalue weighted by Gasteiger charge is 2.53. The maximum Gasteiger partial charge on any atom is 0.255 e. The second kappa shape index (κ2) is 6.72. The van der Waals surface area contributed by atoms with Gasteiger partial charge in [-0.05, 0) is 42.7 Å². The van der Waals surface area contributed by atoms with E-state index in [1.165, 1.54) is 5.56 Å². The minimum Gasteiger partial charge on any atom is -0.370 e. The second-order valence-electron chi connectivity index (χ2n) is 8.14. The van der Waals surface area contributed by atoms with E-state index in [9.17, 15) is 4.79 Å². The fourth-order valence-electron chi connectivity index (χ4n) is 4.67. The van der Waals surface area contributed by atoms with Crippen LogP contribution >= 0.6 is 11.6 Å². The smallest absolute Gasteiger partial charge is 0.255 e. The molecule has 146 valence electrons. The Bertz CT molecular complexity index is 899. The summed E-state index contributed by atoms with van der Waals surface area (Å²) in [6, 6.07) is 9.48. The number of carbonyl (C=O) groups is 1. The number of rotatable bonds is 2. The Morgan fingerprint density at radius 2 is 2.07 bits per heavy atom. The molecule has 3 aliphatic rings. The van der Waals surface area contributed by atoms with Crippen LogP contribution in [0.1, 0.15) is 35.2 Å². The third kappa shape index (κ3) is 3.26. The predicted molar refractivity (Wildman–Crippen MR) is 107 cm³/mol. The third-order valence-corrected chi connectivity index (χ3v) is 6.33. The van der Waals surface area contributed by atoms with E-state index in [4.69, 9.17) is 16.3 Å². The zero-order chi connectivity index (χ0) is 19.2. The molecular formula is C21H23ClN4O2. The highest BCUT2D eigenvalue weighted by Crippen LogP contribution is 2.43. The van der Waals surface area contributed by atoms with Crippen LogP contribution in [-0.4, -0.2) is 46.8 Å². The molecule has 1 unspecified atom stereocenters. The van der Waals surface area contributed by atoms with Gasteiger partial charge in [0.1, 0.15) is 5.66 Å². The quantitative estimate of drug-likeness (QED) is 0.813. The van der Waals surface area contributed by atoms with Gasteiger partial charge in [0.2, 0.25) is 0 Å². The van der Waals surface area contributed by atoms with Crippen molar-refractivity contribution < 1.29 is 9.53 Å². The lowest BCUT2D eigenvalue weighted by molar-refractivity contribution is -0.0452. The van der Waals surface area contributed by atoms with Crippen LogP contribution < -0.4 is 10.6 Å². The van der Waals surface area contributed by atoms with Gasteiger partial charge in [-0.1, -0.05) is 17.7 Å². The van der Waals surface area contributed by atoms with Gasteiger partial charge < -0.3 is 15.4 Å². The lowest BCUT2D eigenvalue weighted by Gasteiger charge is -2.41. The summed E-state index contributed by atoms with van der Waals surface area (Å²) in [5.41, 5.74) is 1.92. The van der Waals surface area contributed by atoms with Crippen molar-refractivity contribution in [3.8, 4) is 0 Å². The third-order valence-electron chi connectivity index (χ3n) is 6.10. The Morgan fingerprint density at radius 3 is 2.86 bits per heavy atom. The molecule has 6 nitrogen and oxygen atoms in total. The standard InChI is InChI=1S/C21H23ClN4O2/c22-16-3-4-18-17(10-16)19(27)25-21(24-18)13-20(28-14-21)5-8-26(9-6-20)12-15-2-1-7-23-11-15/h1-4,7,10-11,24H,5-6,8-9,12-14H2,(H,25,27). The van der Waals surface area contributed by atoms with Crippen LogP contribution in [0.2, 0.25) is 5.02 Å². The normalized spacial score (nSPS) is 26.1. The van der Waals surface area contributed by atoms with Crippen LogP contribution in [0.3, 0.4) is 0 Å². The maximum absolute atomic E-state index is 12.6. The van der Waals surface area contributed by atoms with Crippen molar-refractivity contribution in [2.24, 2.45) is 0 Å². The molecule has 2 saturated heterocycles. The molecule has 1 amide bonds. The number of aromatic nitrogens is 1. The Balaban J connectivity index is 1.26. The number of benzene rings is 1. The van der Waals surface area contributed by atoms with Crippen LogP contribution in [0.4, 0.5) is 5.69 Å². The zero-order valence-corrected chi connectivity index (χ0v) is 16.3. The molecule has 1 aromatic carbocycles. The van der Waals surface area contributed by atoms with Crippen molar-refractivity contribution in [1.29, 1.82) is 0 Å². The Labute approximate surface area is 169 Å². The fourth-order valence-corrected chi connectivity index (χ4v) is 4.84. The average Bonchev–Trinajstić information content (AvgIpc) is 3.03. The number of halogens is 1. The topological polar surface area (TPSA) is 66.5 Å². The van der Waals surface area contributed by atoms with Crippen molar-refractivity contribution in [3.63, 3.8) is 0 Å². The molecule has 0 saturated carbocycles. The molecule has 2 aromatic rings. The number of piperidine rings is 1. The number of ether oxygens (including phenoxy) is 1. The molecule has 5 rings (SSSR count). The number of likely N-dealkylation sites (tertiary alicyclic amines) is 1. The Hall–Kier alpha value is -2.15. The number of anilines is 1. The van der Waals surface area contributed by atoms with E-state index >= 15 is 0 Å². The monoisotopic (exact) mass is 398 g/mol. The molecule has 7 heteroatoms. The summed E-state index contributed by atoms with van der Waals surface area (Å²) in [5, 5.41) is 7.22. The number of hydrogen-bond acceptors (Lipinski definition) is 5. The first-order chi connectivity index (χ1) is 13.5. The largest absolute Gasteiger partial charge is 0.370 e. The van der Waals surface area contributed by atoms with Crippen LogP contribution in [0.5, 0.6) is 0 Å². The van der Waals surface area contributed by atoms with Crippen molar-refractivity contribution >= 4 is 23.2 Å². The molecule has 3 aliphatic heterocycles. The van der Waals surface area contributed by atoms with E-state index in [2.05, 4.69) is 26.6 Å². The summed E-state index contributed by atoms with van der Waals surface area (Å²) in [6.45, 7) is 3.35. The zero-order valence-electron chi connectivity index (χ0n) is 15.6. The molecule has 28 heavy (non-hydrogen) atoms. The molecule has 4 heterocycles. The van der Waals surface area contributed by atoms with E-state index in [0.29, 0.717) is 17.2 Å². The van der Waals surface area contributed by atoms with Gasteiger partial charge in [-0.25, -0.2) is 0 Å². The first-order valence-corrected chi connectivity index (χ1v) is 10.1. The number of carbonyl (C=O) groups excluding carboxylic acids is 1. The second-order valence-corrected chi connectivity index (χ2v) is 8.57. The summed E-state index contributed by atoms with van der Waals surface area (Å²) in [5.74, 6) is -0.0917. The number of pyridine rings is 1. The van der Waals surface area contributed by atoms with Gasteiger partial charge in [0, 0.05) is 49.2 Å². The molecular weight excluding hydrogens is 376 g/mol. The Morgan fingerprint density at radius 1 is 1.21 bits per heavy atom. The maximum atomic E-state index is 12.6. The molecule has 0 aliphatic carbocycles. The first-order valence-electron chi connectivity index (χ1n) is 9.70. The summed E-state index contributed by atoms with van der Waals surface area (Å²) in [7, 11) is 0. The summed E-state index contributed by atoms with van der Waals surface area (Å²) >= 11 is 6.04. The number of amides is 1. The van der Waals surface area contributed by atoms with E-state index in [-0.39, 0.29) is 11.5 Å².